The first-order valence-electron chi connectivity index (χ1n) is 33.3. The fraction of sp³-hybridized carbons (Fsp3) is 0. The van der Waals surface area contributed by atoms with Gasteiger partial charge in [-0.15, -0.1) is 22.7 Å². The standard InChI is InChI=1S/2C44H25N5S/c1-2-10-26(11-3-1)42-32-15-6-8-16-36(32)47-44(48-42)49-38-19-18-27(22-34(38)29-20-21-45-25-39(29)49)43-31-14-5-4-12-28(31)33-23-35-30-13-7-9-17-40(30)50-41(35)24-37(33)46-43;1-2-10-26(11-3-1)42-31-15-6-8-16-36(31)47-44(48-42)49-38-19-18-27(22-33(38)35-25-45-21-20-39(35)49)43-30-14-5-4-12-28(30)32-23-34-29-13-7-9-17-40(29)50-41(34)24-37(32)46-43/h2*1-25H. The number of fused-ring (bicyclic) bond motifs is 20. The van der Waals surface area contributed by atoms with Gasteiger partial charge in [-0.3, -0.25) is 19.1 Å². The summed E-state index contributed by atoms with van der Waals surface area (Å²) in [6.45, 7) is 0. The molecule has 0 spiro atoms. The van der Waals surface area contributed by atoms with Gasteiger partial charge in [0.15, 0.2) is 0 Å². The van der Waals surface area contributed by atoms with Crippen LogP contribution < -0.4 is 0 Å². The molecule has 0 saturated carbocycles. The van der Waals surface area contributed by atoms with Gasteiger partial charge in [-0.05, 0) is 95.7 Å². The monoisotopic (exact) mass is 1310 g/mol. The number of rotatable bonds is 6. The summed E-state index contributed by atoms with van der Waals surface area (Å²) in [5.41, 5.74) is 15.8. The van der Waals surface area contributed by atoms with E-state index in [9.17, 15) is 0 Å². The van der Waals surface area contributed by atoms with Gasteiger partial charge in [-0.1, -0.05) is 194 Å². The summed E-state index contributed by atoms with van der Waals surface area (Å²) in [7, 11) is 0. The van der Waals surface area contributed by atoms with E-state index in [4.69, 9.17) is 29.9 Å². The third-order valence-corrected chi connectivity index (χ3v) is 22.0. The zero-order valence-electron chi connectivity index (χ0n) is 53.2. The Balaban J connectivity index is 0.000000131. The van der Waals surface area contributed by atoms with Crippen LogP contribution in [0.15, 0.2) is 304 Å². The summed E-state index contributed by atoms with van der Waals surface area (Å²) in [6.07, 6.45) is 7.55. The fourth-order valence-electron chi connectivity index (χ4n) is 15.2. The molecule has 12 aromatic carbocycles. The maximum Gasteiger partial charge on any atom is 0.235 e. The van der Waals surface area contributed by atoms with Crippen LogP contribution in [0.5, 0.6) is 0 Å². The number of aromatic nitrogens is 10. The smallest absolute Gasteiger partial charge is 0.235 e. The van der Waals surface area contributed by atoms with Gasteiger partial charge in [0, 0.05) is 135 Å². The maximum absolute atomic E-state index is 5.39. The van der Waals surface area contributed by atoms with Crippen molar-refractivity contribution in [3.8, 4) is 56.9 Å². The van der Waals surface area contributed by atoms with Crippen LogP contribution in [0.1, 0.15) is 0 Å². The van der Waals surface area contributed by atoms with Gasteiger partial charge in [0.05, 0.1) is 73.1 Å². The third kappa shape index (κ3) is 8.80. The van der Waals surface area contributed by atoms with E-state index in [2.05, 4.69) is 250 Å². The molecule has 0 aliphatic carbocycles. The highest BCUT2D eigenvalue weighted by atomic mass is 32.1. The summed E-state index contributed by atoms with van der Waals surface area (Å²) in [6, 6.07) is 98.3. The molecular formula is C88H50N10S2. The molecule has 10 nitrogen and oxygen atoms in total. The molecule has 0 fully saturated rings. The molecule has 10 aromatic heterocycles. The van der Waals surface area contributed by atoms with E-state index in [0.717, 1.165) is 132 Å². The van der Waals surface area contributed by atoms with Crippen molar-refractivity contribution >= 4 is 172 Å². The zero-order chi connectivity index (χ0) is 65.5. The molecule has 0 atom stereocenters. The quantitative estimate of drug-likeness (QED) is 0.151. The van der Waals surface area contributed by atoms with Crippen molar-refractivity contribution in [3.63, 3.8) is 0 Å². The topological polar surface area (TPSA) is 113 Å². The van der Waals surface area contributed by atoms with E-state index < -0.39 is 0 Å². The van der Waals surface area contributed by atoms with Gasteiger partial charge >= 0.3 is 0 Å². The molecule has 10 heterocycles. The van der Waals surface area contributed by atoms with Crippen LogP contribution >= 0.6 is 22.7 Å². The summed E-state index contributed by atoms with van der Waals surface area (Å²) in [4.78, 5) is 40.6. The molecular weight excluding hydrogens is 1260 g/mol. The Morgan fingerprint density at radius 1 is 0.210 bits per heavy atom. The summed E-state index contributed by atoms with van der Waals surface area (Å²) >= 11 is 3.65. The number of para-hydroxylation sites is 2. The van der Waals surface area contributed by atoms with Gasteiger partial charge < -0.3 is 0 Å². The van der Waals surface area contributed by atoms with Crippen molar-refractivity contribution in [2.45, 2.75) is 0 Å². The minimum absolute atomic E-state index is 0.616. The Labute approximate surface area is 577 Å². The van der Waals surface area contributed by atoms with Gasteiger partial charge in [-0.25, -0.2) is 29.9 Å². The van der Waals surface area contributed by atoms with Gasteiger partial charge in [0.25, 0.3) is 0 Å². The second-order valence-corrected chi connectivity index (χ2v) is 27.5. The highest BCUT2D eigenvalue weighted by Crippen LogP contribution is 2.45. The SMILES string of the molecule is c1ccc(-c2nc(-n3c4ccc(-c5nc6cc7sc8ccccc8c7cc6c6ccccc56)cc4c4ccncc43)nc3ccccc23)cc1.c1ccc(-c2nc(-n3c4ccncc4c4cc(-c5nc6cc7sc8ccccc8c7cc6c6ccccc56)ccc43)nc3ccccc23)cc1. The molecule has 0 aliphatic rings. The van der Waals surface area contributed by atoms with Crippen LogP contribution in [-0.2, 0) is 0 Å². The number of benzene rings is 12. The van der Waals surface area contributed by atoms with Crippen LogP contribution in [0.25, 0.3) is 206 Å². The summed E-state index contributed by atoms with van der Waals surface area (Å²) in [5, 5.41) is 18.5. The van der Waals surface area contributed by atoms with Crippen molar-refractivity contribution < 1.29 is 0 Å². The lowest BCUT2D eigenvalue weighted by Gasteiger charge is -2.12. The Morgan fingerprint density at radius 2 is 0.620 bits per heavy atom. The highest BCUT2D eigenvalue weighted by molar-refractivity contribution is 7.26. The lowest BCUT2D eigenvalue weighted by Crippen LogP contribution is -2.03. The number of hydrogen-bond donors (Lipinski definition) is 0. The van der Waals surface area contributed by atoms with E-state index in [0.29, 0.717) is 11.9 Å². The first-order chi connectivity index (χ1) is 49.6. The number of nitrogens with zero attached hydrogens (tertiary/aromatic N) is 10. The van der Waals surface area contributed by atoms with E-state index >= 15 is 0 Å². The van der Waals surface area contributed by atoms with Crippen LogP contribution in [0, 0.1) is 0 Å². The third-order valence-electron chi connectivity index (χ3n) is 19.8. The number of thiophene rings is 2. The molecule has 0 radical (unpaired) electrons. The van der Waals surface area contributed by atoms with E-state index in [1.807, 2.05) is 96.0 Å². The Kier molecular flexibility index (Phi) is 12.5. The average Bonchev–Trinajstić information content (AvgIpc) is 1.43. The van der Waals surface area contributed by atoms with Crippen LogP contribution in [0.4, 0.5) is 0 Å². The molecule has 464 valence electrons. The first-order valence-corrected chi connectivity index (χ1v) is 34.9. The highest BCUT2D eigenvalue weighted by Gasteiger charge is 2.23. The van der Waals surface area contributed by atoms with E-state index in [1.54, 1.807) is 0 Å². The second-order valence-electron chi connectivity index (χ2n) is 25.4. The van der Waals surface area contributed by atoms with Crippen molar-refractivity contribution in [1.82, 2.24) is 49.0 Å². The summed E-state index contributed by atoms with van der Waals surface area (Å²) < 4.78 is 9.41. The van der Waals surface area contributed by atoms with Crippen LogP contribution in [-0.4, -0.2) is 49.0 Å². The molecule has 0 saturated heterocycles. The first kappa shape index (κ1) is 56.2. The van der Waals surface area contributed by atoms with Crippen molar-refractivity contribution in [2.75, 3.05) is 0 Å². The molecule has 100 heavy (non-hydrogen) atoms. The zero-order valence-corrected chi connectivity index (χ0v) is 54.8. The van der Waals surface area contributed by atoms with Gasteiger partial charge in [0.2, 0.25) is 11.9 Å². The second kappa shape index (κ2) is 22.3. The van der Waals surface area contributed by atoms with Crippen molar-refractivity contribution in [3.05, 3.63) is 304 Å². The maximum atomic E-state index is 5.39. The Hall–Kier alpha value is -13.0. The normalized spacial score (nSPS) is 12.0. The average molecular weight is 1310 g/mol. The van der Waals surface area contributed by atoms with Crippen LogP contribution in [0.3, 0.4) is 0 Å². The van der Waals surface area contributed by atoms with Gasteiger partial charge in [-0.2, -0.15) is 0 Å². The minimum atomic E-state index is 0.616. The minimum Gasteiger partial charge on any atom is -0.278 e. The number of hydrogen-bond acceptors (Lipinski definition) is 10. The molecule has 0 N–H and O–H groups in total. The molecule has 22 rings (SSSR count). The fourth-order valence-corrected chi connectivity index (χ4v) is 17.5. The molecule has 12 heteroatoms. The molecule has 0 amide bonds. The van der Waals surface area contributed by atoms with E-state index in [-0.39, 0.29) is 0 Å². The number of pyridine rings is 4. The molecule has 0 unspecified atom stereocenters. The predicted molar refractivity (Wildman–Crippen MR) is 416 cm³/mol. The van der Waals surface area contributed by atoms with Crippen LogP contribution in [0.2, 0.25) is 0 Å². The van der Waals surface area contributed by atoms with Gasteiger partial charge in [0.1, 0.15) is 0 Å². The largest absolute Gasteiger partial charge is 0.278 e. The molecule has 22 aromatic rings. The van der Waals surface area contributed by atoms with E-state index in [1.165, 1.54) is 61.9 Å². The summed E-state index contributed by atoms with van der Waals surface area (Å²) in [5.74, 6) is 1.24. The lowest BCUT2D eigenvalue weighted by atomic mass is 9.98. The van der Waals surface area contributed by atoms with Crippen molar-refractivity contribution in [1.29, 1.82) is 0 Å². The lowest BCUT2D eigenvalue weighted by molar-refractivity contribution is 1.01. The molecule has 0 aliphatic heterocycles. The Morgan fingerprint density at radius 3 is 1.15 bits per heavy atom. The van der Waals surface area contributed by atoms with Crippen molar-refractivity contribution in [2.24, 2.45) is 0 Å². The predicted octanol–water partition coefficient (Wildman–Crippen LogP) is 23.1. The molecule has 0 bridgehead atoms. The Bertz CT molecular complexity index is 6750.